The molecule has 0 bridgehead atoms. The quantitative estimate of drug-likeness (QED) is 0.860. The summed E-state index contributed by atoms with van der Waals surface area (Å²) in [5.41, 5.74) is 5.99. The highest BCUT2D eigenvalue weighted by atomic mass is 32.2. The lowest BCUT2D eigenvalue weighted by atomic mass is 10.2. The van der Waals surface area contributed by atoms with Crippen LogP contribution in [-0.4, -0.2) is 40.7 Å². The molecule has 1 saturated heterocycles. The van der Waals surface area contributed by atoms with Crippen LogP contribution in [0.1, 0.15) is 18.2 Å². The van der Waals surface area contributed by atoms with Crippen molar-refractivity contribution in [1.29, 1.82) is 0 Å². The first-order valence-corrected chi connectivity index (χ1v) is 7.48. The first-order valence-electron chi connectivity index (χ1n) is 5.45. The van der Waals surface area contributed by atoms with E-state index in [0.717, 1.165) is 30.4 Å². The predicted molar refractivity (Wildman–Crippen MR) is 70.8 cm³/mol. The number of anilines is 1. The third-order valence-electron chi connectivity index (χ3n) is 2.59. The van der Waals surface area contributed by atoms with E-state index in [4.69, 9.17) is 10.8 Å². The number of nitrogens with zero attached hydrogens (tertiary/aromatic N) is 2. The zero-order valence-corrected chi connectivity index (χ0v) is 11.0. The second-order valence-corrected chi connectivity index (χ2v) is 5.89. The first kappa shape index (κ1) is 12.7. The first-order chi connectivity index (χ1) is 8.18. The van der Waals surface area contributed by atoms with Crippen LogP contribution in [0.2, 0.25) is 0 Å². The van der Waals surface area contributed by atoms with Gasteiger partial charge in [0.1, 0.15) is 6.04 Å². The number of carboxylic acid groups (broad SMARTS) is 1. The van der Waals surface area contributed by atoms with Gasteiger partial charge in [-0.3, -0.25) is 4.79 Å². The van der Waals surface area contributed by atoms with Crippen molar-refractivity contribution in [3.8, 4) is 0 Å². The van der Waals surface area contributed by atoms with Gasteiger partial charge in [0.15, 0.2) is 5.13 Å². The minimum Gasteiger partial charge on any atom is -0.480 e. The number of rotatable bonds is 3. The number of carbonyl (C=O) groups is 1. The fourth-order valence-electron chi connectivity index (χ4n) is 1.63. The van der Waals surface area contributed by atoms with Gasteiger partial charge in [-0.25, -0.2) is 4.98 Å². The Morgan fingerprint density at radius 1 is 1.53 bits per heavy atom. The number of aromatic nitrogens is 1. The van der Waals surface area contributed by atoms with E-state index in [1.165, 1.54) is 17.1 Å². The monoisotopic (exact) mass is 273 g/mol. The number of thiazole rings is 1. The molecular weight excluding hydrogens is 258 g/mol. The summed E-state index contributed by atoms with van der Waals surface area (Å²) >= 11 is 3.42. The summed E-state index contributed by atoms with van der Waals surface area (Å²) in [7, 11) is 0. The molecule has 94 valence electrons. The van der Waals surface area contributed by atoms with Gasteiger partial charge in [0.05, 0.1) is 5.69 Å². The number of nitrogens with two attached hydrogens (primary N) is 1. The molecule has 1 aliphatic rings. The molecule has 0 saturated carbocycles. The van der Waals surface area contributed by atoms with E-state index in [0.29, 0.717) is 5.69 Å². The minimum atomic E-state index is -1.03. The lowest BCUT2D eigenvalue weighted by molar-refractivity contribution is -0.138. The molecule has 0 amide bonds. The fourth-order valence-corrected chi connectivity index (χ4v) is 3.43. The van der Waals surface area contributed by atoms with Crippen molar-refractivity contribution in [2.24, 2.45) is 5.73 Å². The maximum Gasteiger partial charge on any atom is 0.326 e. The molecule has 2 heterocycles. The molecule has 1 aliphatic heterocycles. The van der Waals surface area contributed by atoms with E-state index in [2.05, 4.69) is 9.88 Å². The summed E-state index contributed by atoms with van der Waals surface area (Å²) in [6.07, 6.45) is 1.14. The molecule has 0 spiro atoms. The number of hydrogen-bond acceptors (Lipinski definition) is 6. The summed E-state index contributed by atoms with van der Waals surface area (Å²) in [6.45, 7) is 1.96. The zero-order chi connectivity index (χ0) is 12.3. The van der Waals surface area contributed by atoms with E-state index in [1.807, 2.05) is 11.8 Å². The Kier molecular flexibility index (Phi) is 4.25. The van der Waals surface area contributed by atoms with E-state index in [-0.39, 0.29) is 0 Å². The van der Waals surface area contributed by atoms with Crippen molar-refractivity contribution in [2.75, 3.05) is 29.5 Å². The van der Waals surface area contributed by atoms with Crippen LogP contribution in [0.4, 0.5) is 5.13 Å². The highest BCUT2D eigenvalue weighted by Crippen LogP contribution is 2.25. The van der Waals surface area contributed by atoms with Crippen LogP contribution < -0.4 is 10.6 Å². The summed E-state index contributed by atoms with van der Waals surface area (Å²) in [5.74, 6) is 1.25. The Morgan fingerprint density at radius 2 is 2.35 bits per heavy atom. The molecule has 1 aromatic heterocycles. The zero-order valence-electron chi connectivity index (χ0n) is 9.33. The van der Waals surface area contributed by atoms with Crippen molar-refractivity contribution in [3.63, 3.8) is 0 Å². The molecule has 3 N–H and O–H groups in total. The fraction of sp³-hybridized carbons (Fsp3) is 0.600. The molecule has 1 fully saturated rings. The highest BCUT2D eigenvalue weighted by Gasteiger charge is 2.20. The molecule has 7 heteroatoms. The second kappa shape index (κ2) is 5.70. The number of aliphatic carboxylic acids is 1. The average Bonchev–Trinajstić information content (AvgIpc) is 2.64. The Balaban J connectivity index is 2.08. The van der Waals surface area contributed by atoms with E-state index in [1.54, 1.807) is 5.38 Å². The van der Waals surface area contributed by atoms with Crippen molar-refractivity contribution in [1.82, 2.24) is 4.98 Å². The lowest BCUT2D eigenvalue weighted by Crippen LogP contribution is -2.26. The molecule has 0 radical (unpaired) electrons. The van der Waals surface area contributed by atoms with Gasteiger partial charge < -0.3 is 15.7 Å². The molecule has 2 rings (SSSR count). The Bertz CT molecular complexity index is 389. The van der Waals surface area contributed by atoms with Gasteiger partial charge in [-0.05, 0) is 12.2 Å². The van der Waals surface area contributed by atoms with Crippen LogP contribution >= 0.6 is 23.1 Å². The van der Waals surface area contributed by atoms with E-state index >= 15 is 0 Å². The largest absolute Gasteiger partial charge is 0.480 e. The molecular formula is C10H15N3O2S2. The predicted octanol–water partition coefficient (Wildman–Crippen LogP) is 1.17. The second-order valence-electron chi connectivity index (χ2n) is 3.82. The van der Waals surface area contributed by atoms with Crippen molar-refractivity contribution in [2.45, 2.75) is 12.5 Å². The Hall–Kier alpha value is -0.790. The molecule has 1 atom stereocenters. The van der Waals surface area contributed by atoms with Crippen molar-refractivity contribution < 1.29 is 9.90 Å². The lowest BCUT2D eigenvalue weighted by Gasteiger charge is -2.18. The Morgan fingerprint density at radius 3 is 3.12 bits per heavy atom. The van der Waals surface area contributed by atoms with Gasteiger partial charge >= 0.3 is 5.97 Å². The molecule has 1 aromatic rings. The normalized spacial score (nSPS) is 18.8. The molecule has 5 nitrogen and oxygen atoms in total. The van der Waals surface area contributed by atoms with Crippen molar-refractivity contribution in [3.05, 3.63) is 11.1 Å². The maximum atomic E-state index is 10.8. The SMILES string of the molecule is NC(C(=O)O)c1csc(N2CCCSCC2)n1. The van der Waals surface area contributed by atoms with Gasteiger partial charge in [0.2, 0.25) is 0 Å². The van der Waals surface area contributed by atoms with Gasteiger partial charge in [0.25, 0.3) is 0 Å². The van der Waals surface area contributed by atoms with Crippen LogP contribution in [0.3, 0.4) is 0 Å². The van der Waals surface area contributed by atoms with Crippen LogP contribution in [-0.2, 0) is 4.79 Å². The summed E-state index contributed by atoms with van der Waals surface area (Å²) in [5, 5.41) is 11.5. The van der Waals surface area contributed by atoms with Crippen molar-refractivity contribution >= 4 is 34.2 Å². The van der Waals surface area contributed by atoms with Gasteiger partial charge in [-0.2, -0.15) is 11.8 Å². The minimum absolute atomic E-state index is 0.453. The average molecular weight is 273 g/mol. The molecule has 0 aromatic carbocycles. The summed E-state index contributed by atoms with van der Waals surface area (Å²) in [4.78, 5) is 17.3. The van der Waals surface area contributed by atoms with Crippen LogP contribution in [0, 0.1) is 0 Å². The highest BCUT2D eigenvalue weighted by molar-refractivity contribution is 7.99. The molecule has 0 aliphatic carbocycles. The van der Waals surface area contributed by atoms with E-state index in [9.17, 15) is 4.79 Å². The molecule has 17 heavy (non-hydrogen) atoms. The van der Waals surface area contributed by atoms with Crippen LogP contribution in [0.5, 0.6) is 0 Å². The Labute approximate surface area is 108 Å². The van der Waals surface area contributed by atoms with Gasteiger partial charge in [0, 0.05) is 24.2 Å². The number of carboxylic acids is 1. The standard InChI is InChI=1S/C10H15N3O2S2/c11-8(9(14)15)7-6-17-10(12-7)13-2-1-4-16-5-3-13/h6,8H,1-5,11H2,(H,14,15). The smallest absolute Gasteiger partial charge is 0.326 e. The summed E-state index contributed by atoms with van der Waals surface area (Å²) < 4.78 is 0. The number of thioether (sulfide) groups is 1. The molecule has 1 unspecified atom stereocenters. The van der Waals surface area contributed by atoms with E-state index < -0.39 is 12.0 Å². The van der Waals surface area contributed by atoms with Crippen LogP contribution in [0.25, 0.3) is 0 Å². The van der Waals surface area contributed by atoms with Gasteiger partial charge in [-0.1, -0.05) is 0 Å². The summed E-state index contributed by atoms with van der Waals surface area (Å²) in [6, 6.07) is -1.01. The van der Waals surface area contributed by atoms with Crippen LogP contribution in [0.15, 0.2) is 5.38 Å². The third-order valence-corrected chi connectivity index (χ3v) is 4.56. The third kappa shape index (κ3) is 3.11. The number of hydrogen-bond donors (Lipinski definition) is 2. The maximum absolute atomic E-state index is 10.8. The topological polar surface area (TPSA) is 79.5 Å². The van der Waals surface area contributed by atoms with Gasteiger partial charge in [-0.15, -0.1) is 11.3 Å².